The van der Waals surface area contributed by atoms with Crippen LogP contribution in [0.1, 0.15) is 12.0 Å². The van der Waals surface area contributed by atoms with Crippen molar-refractivity contribution in [1.82, 2.24) is 4.98 Å². The molecule has 0 N–H and O–H groups in total. The number of pyridine rings is 1. The van der Waals surface area contributed by atoms with E-state index in [2.05, 4.69) is 29.8 Å². The highest BCUT2D eigenvalue weighted by Gasteiger charge is 2.04. The van der Waals surface area contributed by atoms with Crippen LogP contribution in [0.4, 0.5) is 0 Å². The summed E-state index contributed by atoms with van der Waals surface area (Å²) in [5, 5.41) is 0.525. The average Bonchev–Trinajstić information content (AvgIpc) is 2.38. The summed E-state index contributed by atoms with van der Waals surface area (Å²) in [6, 6.07) is 12.2. The van der Waals surface area contributed by atoms with E-state index in [4.69, 9.17) is 11.6 Å². The lowest BCUT2D eigenvalue weighted by Gasteiger charge is -2.08. The van der Waals surface area contributed by atoms with Crippen LogP contribution in [0.15, 0.2) is 55.3 Å². The van der Waals surface area contributed by atoms with Gasteiger partial charge in [0, 0.05) is 11.8 Å². The van der Waals surface area contributed by atoms with Gasteiger partial charge in [0.2, 0.25) is 0 Å². The molecule has 17 heavy (non-hydrogen) atoms. The molecule has 0 spiro atoms. The number of nitrogens with zero attached hydrogens (tertiary/aromatic N) is 1. The summed E-state index contributed by atoms with van der Waals surface area (Å²) in [7, 11) is 0. The Kier molecular flexibility index (Phi) is 3.94. The van der Waals surface area contributed by atoms with E-state index in [1.165, 1.54) is 11.1 Å². The molecule has 0 saturated heterocycles. The maximum atomic E-state index is 5.80. The lowest BCUT2D eigenvalue weighted by atomic mass is 9.98. The molecule has 0 aliphatic rings. The van der Waals surface area contributed by atoms with E-state index in [1.54, 1.807) is 0 Å². The average molecular weight is 244 g/mol. The lowest BCUT2D eigenvalue weighted by molar-refractivity contribution is 1.01. The van der Waals surface area contributed by atoms with Gasteiger partial charge in [-0.2, -0.15) is 0 Å². The van der Waals surface area contributed by atoms with Crippen LogP contribution in [0.2, 0.25) is 5.15 Å². The van der Waals surface area contributed by atoms with Gasteiger partial charge in [-0.3, -0.25) is 0 Å². The summed E-state index contributed by atoms with van der Waals surface area (Å²) in [4.78, 5) is 4.12. The van der Waals surface area contributed by atoms with Crippen molar-refractivity contribution in [3.63, 3.8) is 0 Å². The molecule has 2 aromatic rings. The molecular weight excluding hydrogens is 230 g/mol. The zero-order valence-corrected chi connectivity index (χ0v) is 10.3. The second-order valence-corrected chi connectivity index (χ2v) is 4.24. The second kappa shape index (κ2) is 5.65. The van der Waals surface area contributed by atoms with Gasteiger partial charge in [-0.05, 0) is 36.1 Å². The number of rotatable bonds is 4. The molecule has 1 aromatic carbocycles. The van der Waals surface area contributed by atoms with E-state index in [-0.39, 0.29) is 0 Å². The monoisotopic (exact) mass is 243 g/mol. The summed E-state index contributed by atoms with van der Waals surface area (Å²) >= 11 is 5.80. The van der Waals surface area contributed by atoms with Crippen molar-refractivity contribution >= 4 is 11.6 Å². The van der Waals surface area contributed by atoms with Gasteiger partial charge in [-0.1, -0.05) is 41.9 Å². The molecule has 1 nitrogen and oxygen atoms in total. The van der Waals surface area contributed by atoms with E-state index >= 15 is 0 Å². The van der Waals surface area contributed by atoms with Crippen LogP contribution in [0.3, 0.4) is 0 Å². The predicted molar refractivity (Wildman–Crippen MR) is 73.2 cm³/mol. The molecule has 0 saturated carbocycles. The fraction of sp³-hybridized carbons (Fsp3) is 0.133. The third-order valence-corrected chi connectivity index (χ3v) is 2.90. The molecule has 0 aliphatic carbocycles. The number of allylic oxidation sites excluding steroid dienone is 1. The smallest absolute Gasteiger partial charge is 0.129 e. The zero-order chi connectivity index (χ0) is 12.1. The Morgan fingerprint density at radius 3 is 2.71 bits per heavy atom. The molecule has 1 heterocycles. The van der Waals surface area contributed by atoms with E-state index in [0.717, 1.165) is 18.4 Å². The normalized spacial score (nSPS) is 10.2. The van der Waals surface area contributed by atoms with Gasteiger partial charge >= 0.3 is 0 Å². The van der Waals surface area contributed by atoms with Gasteiger partial charge in [0.1, 0.15) is 5.15 Å². The fourth-order valence-electron chi connectivity index (χ4n) is 1.81. The van der Waals surface area contributed by atoms with Crippen LogP contribution in [0.5, 0.6) is 0 Å². The highest BCUT2D eigenvalue weighted by atomic mass is 35.5. The number of hydrogen-bond acceptors (Lipinski definition) is 1. The minimum absolute atomic E-state index is 0.525. The number of aromatic nitrogens is 1. The fourth-order valence-corrected chi connectivity index (χ4v) is 1.92. The Labute approximate surface area is 107 Å². The molecule has 0 atom stereocenters. The Morgan fingerprint density at radius 2 is 2.00 bits per heavy atom. The highest BCUT2D eigenvalue weighted by Crippen LogP contribution is 2.24. The van der Waals surface area contributed by atoms with Crippen LogP contribution in [0, 0.1) is 0 Å². The van der Waals surface area contributed by atoms with E-state index in [0.29, 0.717) is 5.15 Å². The van der Waals surface area contributed by atoms with Crippen LogP contribution in [-0.4, -0.2) is 4.98 Å². The zero-order valence-electron chi connectivity index (χ0n) is 9.57. The van der Waals surface area contributed by atoms with Crippen molar-refractivity contribution < 1.29 is 0 Å². The molecule has 0 amide bonds. The van der Waals surface area contributed by atoms with Crippen LogP contribution in [0.25, 0.3) is 11.1 Å². The van der Waals surface area contributed by atoms with Crippen molar-refractivity contribution in [3.05, 3.63) is 66.0 Å². The molecule has 2 rings (SSSR count). The van der Waals surface area contributed by atoms with Crippen molar-refractivity contribution in [2.75, 3.05) is 0 Å². The standard InChI is InChI=1S/C15H14ClN/c1-2-3-6-12-7-4-5-8-14(12)13-9-10-15(16)17-11-13/h2,4-5,7-11H,1,3,6H2. The maximum absolute atomic E-state index is 5.80. The first kappa shape index (κ1) is 11.9. The summed E-state index contributed by atoms with van der Waals surface area (Å²) in [5.41, 5.74) is 3.64. The minimum atomic E-state index is 0.525. The predicted octanol–water partition coefficient (Wildman–Crippen LogP) is 4.52. The Morgan fingerprint density at radius 1 is 1.18 bits per heavy atom. The van der Waals surface area contributed by atoms with Crippen molar-refractivity contribution in [1.29, 1.82) is 0 Å². The summed E-state index contributed by atoms with van der Waals surface area (Å²) < 4.78 is 0. The van der Waals surface area contributed by atoms with Crippen LogP contribution in [-0.2, 0) is 6.42 Å². The first-order chi connectivity index (χ1) is 8.31. The van der Waals surface area contributed by atoms with Gasteiger partial charge in [0.25, 0.3) is 0 Å². The largest absolute Gasteiger partial charge is 0.244 e. The summed E-state index contributed by atoms with van der Waals surface area (Å²) in [6.45, 7) is 3.76. The number of hydrogen-bond donors (Lipinski definition) is 0. The van der Waals surface area contributed by atoms with Crippen LogP contribution < -0.4 is 0 Å². The molecule has 86 valence electrons. The number of halogens is 1. The third kappa shape index (κ3) is 2.95. The van der Waals surface area contributed by atoms with Crippen molar-refractivity contribution in [3.8, 4) is 11.1 Å². The first-order valence-corrected chi connectivity index (χ1v) is 6.00. The second-order valence-electron chi connectivity index (χ2n) is 3.85. The number of benzene rings is 1. The Hall–Kier alpha value is -1.60. The molecule has 0 fully saturated rings. The van der Waals surface area contributed by atoms with Gasteiger partial charge in [-0.25, -0.2) is 4.98 Å². The van der Waals surface area contributed by atoms with Gasteiger partial charge in [-0.15, -0.1) is 6.58 Å². The van der Waals surface area contributed by atoms with Gasteiger partial charge in [0.05, 0.1) is 0 Å². The van der Waals surface area contributed by atoms with Crippen molar-refractivity contribution in [2.24, 2.45) is 0 Å². The van der Waals surface area contributed by atoms with E-state index in [9.17, 15) is 0 Å². The molecule has 0 aliphatic heterocycles. The Bertz CT molecular complexity index is 503. The summed E-state index contributed by atoms with van der Waals surface area (Å²) in [6.07, 6.45) is 5.74. The molecule has 0 bridgehead atoms. The topological polar surface area (TPSA) is 12.9 Å². The van der Waals surface area contributed by atoms with E-state index < -0.39 is 0 Å². The number of aryl methyl sites for hydroxylation is 1. The molecule has 1 aromatic heterocycles. The lowest BCUT2D eigenvalue weighted by Crippen LogP contribution is -1.89. The SMILES string of the molecule is C=CCCc1ccccc1-c1ccc(Cl)nc1. The quantitative estimate of drug-likeness (QED) is 0.568. The molecule has 0 radical (unpaired) electrons. The molecular formula is C15H14ClN. The summed E-state index contributed by atoms with van der Waals surface area (Å²) in [5.74, 6) is 0. The molecule has 0 unspecified atom stereocenters. The molecule has 2 heteroatoms. The first-order valence-electron chi connectivity index (χ1n) is 5.62. The van der Waals surface area contributed by atoms with Gasteiger partial charge in [0.15, 0.2) is 0 Å². The van der Waals surface area contributed by atoms with E-state index in [1.807, 2.05) is 30.5 Å². The minimum Gasteiger partial charge on any atom is -0.244 e. The Balaban J connectivity index is 2.36. The third-order valence-electron chi connectivity index (χ3n) is 2.67. The van der Waals surface area contributed by atoms with Gasteiger partial charge < -0.3 is 0 Å². The van der Waals surface area contributed by atoms with Crippen LogP contribution >= 0.6 is 11.6 Å². The van der Waals surface area contributed by atoms with Crippen molar-refractivity contribution in [2.45, 2.75) is 12.8 Å². The maximum Gasteiger partial charge on any atom is 0.129 e. The highest BCUT2D eigenvalue weighted by molar-refractivity contribution is 6.29.